The molecule has 2 rings (SSSR count). The number of nitrogens with two attached hydrogens (primary N) is 1. The Bertz CT molecular complexity index is 392. The van der Waals surface area contributed by atoms with Gasteiger partial charge < -0.3 is 10.6 Å². The molecular formula is C11H13FN2O. The fourth-order valence-electron chi connectivity index (χ4n) is 1.76. The Morgan fingerprint density at radius 2 is 2.13 bits per heavy atom. The van der Waals surface area contributed by atoms with Crippen LogP contribution in [0.2, 0.25) is 0 Å². The molecule has 0 atom stereocenters. The third-order valence-corrected chi connectivity index (χ3v) is 2.62. The molecule has 0 spiro atoms. The minimum atomic E-state index is -0.467. The summed E-state index contributed by atoms with van der Waals surface area (Å²) in [7, 11) is 0. The molecule has 0 aromatic heterocycles. The van der Waals surface area contributed by atoms with E-state index >= 15 is 0 Å². The van der Waals surface area contributed by atoms with Crippen LogP contribution in [0.1, 0.15) is 19.3 Å². The monoisotopic (exact) mass is 208 g/mol. The molecule has 1 aliphatic heterocycles. The Balaban J connectivity index is 2.28. The normalized spacial score (nSPS) is 16.9. The lowest BCUT2D eigenvalue weighted by molar-refractivity contribution is -0.119. The Labute approximate surface area is 87.7 Å². The Hall–Kier alpha value is -1.58. The maximum Gasteiger partial charge on any atom is 0.226 e. The summed E-state index contributed by atoms with van der Waals surface area (Å²) in [5.74, 6) is -0.406. The van der Waals surface area contributed by atoms with Gasteiger partial charge in [-0.25, -0.2) is 4.39 Å². The molecule has 15 heavy (non-hydrogen) atoms. The number of benzene rings is 1. The van der Waals surface area contributed by atoms with Gasteiger partial charge in [-0.05, 0) is 31.0 Å². The predicted molar refractivity (Wildman–Crippen MR) is 57.0 cm³/mol. The molecule has 3 nitrogen and oxygen atoms in total. The van der Waals surface area contributed by atoms with Crippen molar-refractivity contribution in [3.8, 4) is 0 Å². The first-order chi connectivity index (χ1) is 7.18. The van der Waals surface area contributed by atoms with Gasteiger partial charge in [-0.3, -0.25) is 4.79 Å². The smallest absolute Gasteiger partial charge is 0.226 e. The summed E-state index contributed by atoms with van der Waals surface area (Å²) in [6.45, 7) is 0.669. The van der Waals surface area contributed by atoms with Crippen molar-refractivity contribution in [2.24, 2.45) is 0 Å². The molecule has 0 aliphatic carbocycles. The summed E-state index contributed by atoms with van der Waals surface area (Å²) in [5.41, 5.74) is 6.09. The number of piperidine rings is 1. The number of hydrogen-bond acceptors (Lipinski definition) is 2. The first kappa shape index (κ1) is 9.96. The molecule has 0 unspecified atom stereocenters. The maximum absolute atomic E-state index is 13.2. The second kappa shape index (κ2) is 3.88. The van der Waals surface area contributed by atoms with E-state index in [1.54, 1.807) is 11.0 Å². The van der Waals surface area contributed by atoms with E-state index in [2.05, 4.69) is 0 Å². The quantitative estimate of drug-likeness (QED) is 0.717. The Morgan fingerprint density at radius 3 is 2.80 bits per heavy atom. The average molecular weight is 208 g/mol. The first-order valence-corrected chi connectivity index (χ1v) is 5.04. The molecule has 1 aromatic rings. The van der Waals surface area contributed by atoms with E-state index in [1.165, 1.54) is 12.1 Å². The van der Waals surface area contributed by atoms with Gasteiger partial charge in [-0.2, -0.15) is 0 Å². The van der Waals surface area contributed by atoms with E-state index in [1.807, 2.05) is 0 Å². The zero-order valence-electron chi connectivity index (χ0n) is 8.37. The Kier molecular flexibility index (Phi) is 2.58. The minimum absolute atomic E-state index is 0.0606. The molecule has 1 saturated heterocycles. The lowest BCUT2D eigenvalue weighted by Gasteiger charge is -2.26. The summed E-state index contributed by atoms with van der Waals surface area (Å²) >= 11 is 0. The molecule has 1 fully saturated rings. The van der Waals surface area contributed by atoms with Gasteiger partial charge in [0.25, 0.3) is 0 Å². The van der Waals surface area contributed by atoms with E-state index in [0.717, 1.165) is 12.8 Å². The molecule has 80 valence electrons. The SMILES string of the molecule is Nc1ccc(N2CCCCC2=O)cc1F. The van der Waals surface area contributed by atoms with Crippen LogP contribution in [0.15, 0.2) is 18.2 Å². The number of amides is 1. The number of carbonyl (C=O) groups excluding carboxylic acids is 1. The second-order valence-electron chi connectivity index (χ2n) is 3.71. The van der Waals surface area contributed by atoms with E-state index in [9.17, 15) is 9.18 Å². The van der Waals surface area contributed by atoms with Gasteiger partial charge in [0.1, 0.15) is 5.82 Å². The molecule has 2 N–H and O–H groups in total. The number of hydrogen-bond donors (Lipinski definition) is 1. The Morgan fingerprint density at radius 1 is 1.33 bits per heavy atom. The van der Waals surface area contributed by atoms with Gasteiger partial charge in [0.15, 0.2) is 0 Å². The molecule has 1 aromatic carbocycles. The van der Waals surface area contributed by atoms with Gasteiger partial charge >= 0.3 is 0 Å². The van der Waals surface area contributed by atoms with E-state index in [0.29, 0.717) is 18.7 Å². The highest BCUT2D eigenvalue weighted by atomic mass is 19.1. The van der Waals surface area contributed by atoms with Crippen LogP contribution in [0.3, 0.4) is 0 Å². The largest absolute Gasteiger partial charge is 0.396 e. The molecule has 1 aliphatic rings. The number of carbonyl (C=O) groups is 1. The molecule has 1 amide bonds. The van der Waals surface area contributed by atoms with Crippen LogP contribution < -0.4 is 10.6 Å². The van der Waals surface area contributed by atoms with Crippen molar-refractivity contribution in [3.05, 3.63) is 24.0 Å². The first-order valence-electron chi connectivity index (χ1n) is 5.04. The number of nitrogens with zero attached hydrogens (tertiary/aromatic N) is 1. The van der Waals surface area contributed by atoms with Gasteiger partial charge in [0, 0.05) is 18.7 Å². The molecular weight excluding hydrogens is 195 g/mol. The summed E-state index contributed by atoms with van der Waals surface area (Å²) in [4.78, 5) is 13.2. The van der Waals surface area contributed by atoms with Crippen molar-refractivity contribution in [2.75, 3.05) is 17.2 Å². The van der Waals surface area contributed by atoms with E-state index in [-0.39, 0.29) is 11.6 Å². The van der Waals surface area contributed by atoms with Crippen LogP contribution in [0.5, 0.6) is 0 Å². The summed E-state index contributed by atoms with van der Waals surface area (Å²) in [6, 6.07) is 4.49. The maximum atomic E-state index is 13.2. The lowest BCUT2D eigenvalue weighted by Crippen LogP contribution is -2.35. The van der Waals surface area contributed by atoms with Crippen molar-refractivity contribution < 1.29 is 9.18 Å². The number of nitrogen functional groups attached to an aromatic ring is 1. The number of rotatable bonds is 1. The molecule has 4 heteroatoms. The van der Waals surface area contributed by atoms with Crippen LogP contribution in [-0.4, -0.2) is 12.5 Å². The number of halogens is 1. The van der Waals surface area contributed by atoms with Crippen molar-refractivity contribution in [1.29, 1.82) is 0 Å². The van der Waals surface area contributed by atoms with Gasteiger partial charge in [0.05, 0.1) is 5.69 Å². The lowest BCUT2D eigenvalue weighted by atomic mass is 10.1. The zero-order valence-corrected chi connectivity index (χ0v) is 8.37. The van der Waals surface area contributed by atoms with Crippen LogP contribution in [-0.2, 0) is 4.79 Å². The van der Waals surface area contributed by atoms with Gasteiger partial charge in [-0.15, -0.1) is 0 Å². The topological polar surface area (TPSA) is 46.3 Å². The standard InChI is InChI=1S/C11H13FN2O/c12-9-7-8(4-5-10(9)13)14-6-2-1-3-11(14)15/h4-5,7H,1-3,6,13H2. The van der Waals surface area contributed by atoms with E-state index in [4.69, 9.17) is 5.73 Å². The third-order valence-electron chi connectivity index (χ3n) is 2.62. The van der Waals surface area contributed by atoms with Gasteiger partial charge in [0.2, 0.25) is 5.91 Å². The fraction of sp³-hybridized carbons (Fsp3) is 0.364. The molecule has 0 radical (unpaired) electrons. The zero-order chi connectivity index (χ0) is 10.8. The average Bonchev–Trinajstić information content (AvgIpc) is 2.23. The second-order valence-corrected chi connectivity index (χ2v) is 3.71. The number of anilines is 2. The van der Waals surface area contributed by atoms with Gasteiger partial charge in [-0.1, -0.05) is 0 Å². The minimum Gasteiger partial charge on any atom is -0.396 e. The highest BCUT2D eigenvalue weighted by Gasteiger charge is 2.19. The highest BCUT2D eigenvalue weighted by Crippen LogP contribution is 2.23. The summed E-state index contributed by atoms with van der Waals surface area (Å²) in [6.07, 6.45) is 2.44. The van der Waals surface area contributed by atoms with Crippen molar-refractivity contribution >= 4 is 17.3 Å². The van der Waals surface area contributed by atoms with E-state index < -0.39 is 5.82 Å². The summed E-state index contributed by atoms with van der Waals surface area (Å²) < 4.78 is 13.2. The van der Waals surface area contributed by atoms with Crippen molar-refractivity contribution in [1.82, 2.24) is 0 Å². The van der Waals surface area contributed by atoms with Crippen molar-refractivity contribution in [2.45, 2.75) is 19.3 Å². The molecule has 0 saturated carbocycles. The third kappa shape index (κ3) is 1.93. The van der Waals surface area contributed by atoms with Crippen LogP contribution >= 0.6 is 0 Å². The molecule has 0 bridgehead atoms. The van der Waals surface area contributed by atoms with Crippen LogP contribution in [0.25, 0.3) is 0 Å². The fourth-order valence-corrected chi connectivity index (χ4v) is 1.76. The highest BCUT2D eigenvalue weighted by molar-refractivity contribution is 5.94. The van der Waals surface area contributed by atoms with Crippen molar-refractivity contribution in [3.63, 3.8) is 0 Å². The molecule has 1 heterocycles. The van der Waals surface area contributed by atoms with Crippen LogP contribution in [0, 0.1) is 5.82 Å². The van der Waals surface area contributed by atoms with Crippen LogP contribution in [0.4, 0.5) is 15.8 Å². The summed E-state index contributed by atoms with van der Waals surface area (Å²) in [5, 5.41) is 0. The predicted octanol–water partition coefficient (Wildman–Crippen LogP) is 1.92.